The number of amides is 1. The molecule has 1 amide bonds. The van der Waals surface area contributed by atoms with Crippen LogP contribution in [0.4, 0.5) is 5.69 Å². The molecule has 0 fully saturated rings. The number of hydrogen-bond donors (Lipinski definition) is 2. The maximum Gasteiger partial charge on any atom is 0.288 e. The van der Waals surface area contributed by atoms with Crippen molar-refractivity contribution in [1.82, 2.24) is 10.3 Å². The first-order valence-electron chi connectivity index (χ1n) is 5.66. The summed E-state index contributed by atoms with van der Waals surface area (Å²) in [6, 6.07) is 0.889. The lowest BCUT2D eigenvalue weighted by atomic mass is 10.1. The number of nitrogens with zero attached hydrogens (tertiary/aromatic N) is 2. The number of carbonyl (C=O) groups excluding carboxylic acids is 1. The standard InChI is InChI=1S/C11H15ClN4O3/c1-6(2)9(13)5-15-11(17)8-3-7(16(18)19)4-14-10(8)12/h3-4,6,9H,5,13H2,1-2H3,(H,15,17). The van der Waals surface area contributed by atoms with Crippen molar-refractivity contribution in [2.75, 3.05) is 6.54 Å². The number of hydrogen-bond acceptors (Lipinski definition) is 5. The van der Waals surface area contributed by atoms with E-state index in [9.17, 15) is 14.9 Å². The second-order valence-corrected chi connectivity index (χ2v) is 4.76. The number of nitro groups is 1. The summed E-state index contributed by atoms with van der Waals surface area (Å²) in [4.78, 5) is 25.4. The van der Waals surface area contributed by atoms with Gasteiger partial charge in [-0.2, -0.15) is 0 Å². The molecular weight excluding hydrogens is 272 g/mol. The smallest absolute Gasteiger partial charge is 0.288 e. The predicted octanol–water partition coefficient (Wildman–Crippen LogP) is 1.36. The summed E-state index contributed by atoms with van der Waals surface area (Å²) in [7, 11) is 0. The Morgan fingerprint density at radius 2 is 2.26 bits per heavy atom. The summed E-state index contributed by atoms with van der Waals surface area (Å²) in [6.07, 6.45) is 0.999. The molecule has 0 saturated carbocycles. The molecule has 0 radical (unpaired) electrons. The Morgan fingerprint density at radius 1 is 1.63 bits per heavy atom. The average molecular weight is 287 g/mol. The summed E-state index contributed by atoms with van der Waals surface area (Å²) in [6.45, 7) is 4.12. The third-order valence-electron chi connectivity index (χ3n) is 2.63. The molecule has 19 heavy (non-hydrogen) atoms. The summed E-state index contributed by atoms with van der Waals surface area (Å²) < 4.78 is 0. The van der Waals surface area contributed by atoms with Gasteiger partial charge in [0.15, 0.2) is 0 Å². The van der Waals surface area contributed by atoms with Crippen molar-refractivity contribution < 1.29 is 9.72 Å². The van der Waals surface area contributed by atoms with Crippen LogP contribution in [0.3, 0.4) is 0 Å². The van der Waals surface area contributed by atoms with E-state index in [4.69, 9.17) is 17.3 Å². The molecule has 8 heteroatoms. The zero-order chi connectivity index (χ0) is 14.6. The van der Waals surface area contributed by atoms with Crippen LogP contribution < -0.4 is 11.1 Å². The van der Waals surface area contributed by atoms with Gasteiger partial charge in [-0.15, -0.1) is 0 Å². The van der Waals surface area contributed by atoms with Crippen LogP contribution in [0.1, 0.15) is 24.2 Å². The molecule has 7 nitrogen and oxygen atoms in total. The van der Waals surface area contributed by atoms with E-state index in [0.717, 1.165) is 12.3 Å². The van der Waals surface area contributed by atoms with Crippen LogP contribution >= 0.6 is 11.6 Å². The Bertz CT molecular complexity index is 493. The van der Waals surface area contributed by atoms with Crippen LogP contribution in [0, 0.1) is 16.0 Å². The fraction of sp³-hybridized carbons (Fsp3) is 0.455. The lowest BCUT2D eigenvalue weighted by Crippen LogP contribution is -2.40. The lowest BCUT2D eigenvalue weighted by Gasteiger charge is -2.16. The molecule has 0 aromatic carbocycles. The predicted molar refractivity (Wildman–Crippen MR) is 71.0 cm³/mol. The molecule has 0 aliphatic heterocycles. The SMILES string of the molecule is CC(C)C(N)CNC(=O)c1cc([N+](=O)[O-])cnc1Cl. The summed E-state index contributed by atoms with van der Waals surface area (Å²) in [5, 5.41) is 13.1. The van der Waals surface area contributed by atoms with Crippen LogP contribution in [-0.4, -0.2) is 28.4 Å². The number of aromatic nitrogens is 1. The number of nitrogens with two attached hydrogens (primary N) is 1. The highest BCUT2D eigenvalue weighted by Gasteiger charge is 2.18. The highest BCUT2D eigenvalue weighted by Crippen LogP contribution is 2.18. The first-order valence-corrected chi connectivity index (χ1v) is 6.04. The molecule has 104 valence electrons. The molecule has 3 N–H and O–H groups in total. The molecule has 0 aliphatic carbocycles. The van der Waals surface area contributed by atoms with Gasteiger partial charge in [0.05, 0.1) is 10.5 Å². The van der Waals surface area contributed by atoms with E-state index in [1.54, 1.807) is 0 Å². The third kappa shape index (κ3) is 4.15. The maximum absolute atomic E-state index is 11.9. The van der Waals surface area contributed by atoms with E-state index in [-0.39, 0.29) is 34.9 Å². The van der Waals surface area contributed by atoms with Crippen molar-refractivity contribution in [1.29, 1.82) is 0 Å². The third-order valence-corrected chi connectivity index (χ3v) is 2.94. The molecule has 1 rings (SSSR count). The van der Waals surface area contributed by atoms with Crippen molar-refractivity contribution in [2.45, 2.75) is 19.9 Å². The Morgan fingerprint density at radius 3 is 2.79 bits per heavy atom. The van der Waals surface area contributed by atoms with E-state index in [2.05, 4.69) is 10.3 Å². The monoisotopic (exact) mass is 286 g/mol. The number of rotatable bonds is 5. The van der Waals surface area contributed by atoms with Gasteiger partial charge < -0.3 is 11.1 Å². The fourth-order valence-corrected chi connectivity index (χ4v) is 1.43. The van der Waals surface area contributed by atoms with Gasteiger partial charge in [-0.1, -0.05) is 25.4 Å². The van der Waals surface area contributed by atoms with Crippen LogP contribution in [0.15, 0.2) is 12.3 Å². The Balaban J connectivity index is 2.82. The first-order chi connectivity index (χ1) is 8.82. The Labute approximate surface area is 115 Å². The molecule has 1 unspecified atom stereocenters. The molecule has 0 spiro atoms. The molecule has 1 atom stereocenters. The van der Waals surface area contributed by atoms with Gasteiger partial charge in [0.2, 0.25) is 0 Å². The lowest BCUT2D eigenvalue weighted by molar-refractivity contribution is -0.385. The largest absolute Gasteiger partial charge is 0.350 e. The maximum atomic E-state index is 11.9. The van der Waals surface area contributed by atoms with Crippen molar-refractivity contribution in [3.8, 4) is 0 Å². The number of halogens is 1. The van der Waals surface area contributed by atoms with Crippen molar-refractivity contribution in [3.05, 3.63) is 33.1 Å². The van der Waals surface area contributed by atoms with E-state index in [0.29, 0.717) is 0 Å². The van der Waals surface area contributed by atoms with Crippen LogP contribution in [-0.2, 0) is 0 Å². The number of carbonyl (C=O) groups is 1. The molecule has 1 heterocycles. The van der Waals surface area contributed by atoms with Gasteiger partial charge in [-0.25, -0.2) is 4.98 Å². The van der Waals surface area contributed by atoms with Gasteiger partial charge >= 0.3 is 0 Å². The Hall–Kier alpha value is -1.73. The van der Waals surface area contributed by atoms with Crippen LogP contribution in [0.25, 0.3) is 0 Å². The van der Waals surface area contributed by atoms with Gasteiger partial charge in [0.1, 0.15) is 11.3 Å². The van der Waals surface area contributed by atoms with E-state index in [1.165, 1.54) is 0 Å². The van der Waals surface area contributed by atoms with Crippen LogP contribution in [0.5, 0.6) is 0 Å². The summed E-state index contributed by atoms with van der Waals surface area (Å²) >= 11 is 5.75. The Kier molecular flexibility index (Phi) is 5.20. The van der Waals surface area contributed by atoms with Crippen molar-refractivity contribution in [3.63, 3.8) is 0 Å². The summed E-state index contributed by atoms with van der Waals surface area (Å²) in [5.74, 6) is -0.323. The van der Waals surface area contributed by atoms with E-state index in [1.807, 2.05) is 13.8 Å². The number of pyridine rings is 1. The molecule has 1 aromatic rings. The second-order valence-electron chi connectivity index (χ2n) is 4.41. The van der Waals surface area contributed by atoms with Crippen molar-refractivity contribution in [2.24, 2.45) is 11.7 Å². The average Bonchev–Trinajstić information content (AvgIpc) is 2.35. The normalized spacial score (nSPS) is 12.3. The van der Waals surface area contributed by atoms with Gasteiger partial charge in [-0.3, -0.25) is 14.9 Å². The van der Waals surface area contributed by atoms with Gasteiger partial charge in [0, 0.05) is 18.7 Å². The minimum atomic E-state index is -0.639. The van der Waals surface area contributed by atoms with E-state index >= 15 is 0 Å². The highest BCUT2D eigenvalue weighted by atomic mass is 35.5. The van der Waals surface area contributed by atoms with Gasteiger partial charge in [0.25, 0.3) is 11.6 Å². The first kappa shape index (κ1) is 15.3. The highest BCUT2D eigenvalue weighted by molar-refractivity contribution is 6.32. The van der Waals surface area contributed by atoms with Crippen LogP contribution in [0.2, 0.25) is 5.15 Å². The molecule has 1 aromatic heterocycles. The molecule has 0 aliphatic rings. The van der Waals surface area contributed by atoms with E-state index < -0.39 is 10.8 Å². The second kappa shape index (κ2) is 6.44. The number of nitrogens with one attached hydrogen (secondary N) is 1. The molecule has 0 saturated heterocycles. The zero-order valence-corrected chi connectivity index (χ0v) is 11.3. The quantitative estimate of drug-likeness (QED) is 0.482. The van der Waals surface area contributed by atoms with Gasteiger partial charge in [-0.05, 0) is 5.92 Å². The molecule has 0 bridgehead atoms. The minimum absolute atomic E-state index is 0.0353. The molecular formula is C11H15ClN4O3. The summed E-state index contributed by atoms with van der Waals surface area (Å²) in [5.41, 5.74) is 5.46. The zero-order valence-electron chi connectivity index (χ0n) is 10.6. The fourth-order valence-electron chi connectivity index (χ4n) is 1.24. The minimum Gasteiger partial charge on any atom is -0.350 e. The topological polar surface area (TPSA) is 111 Å². The van der Waals surface area contributed by atoms with Crippen molar-refractivity contribution >= 4 is 23.2 Å².